The quantitative estimate of drug-likeness (QED) is 0.392. The minimum atomic E-state index is -1.20. The molecule has 0 aromatic carbocycles. The highest BCUT2D eigenvalue weighted by Gasteiger charge is 2.41. The second-order valence-corrected chi connectivity index (χ2v) is 4.67. The summed E-state index contributed by atoms with van der Waals surface area (Å²) in [6, 6.07) is -1.01. The number of esters is 1. The lowest BCUT2D eigenvalue weighted by atomic mass is 9.78. The van der Waals surface area contributed by atoms with Crippen LogP contribution in [-0.2, 0) is 19.1 Å². The number of hydrogen-bond donors (Lipinski definition) is 2. The molecule has 0 aromatic heterocycles. The molecule has 9 heteroatoms. The van der Waals surface area contributed by atoms with Gasteiger partial charge in [-0.3, -0.25) is 24.5 Å². The molecular weight excluding hydrogens is 272 g/mol. The smallest absolute Gasteiger partial charge is 0.322 e. The van der Waals surface area contributed by atoms with E-state index in [1.165, 1.54) is 7.11 Å². The van der Waals surface area contributed by atoms with Crippen molar-refractivity contribution in [2.24, 2.45) is 11.8 Å². The molecule has 1 aliphatic rings. The van der Waals surface area contributed by atoms with Crippen molar-refractivity contribution in [2.45, 2.75) is 25.3 Å². The number of carboxylic acid groups (broad SMARTS) is 1. The Kier molecular flexibility index (Phi) is 5.42. The summed E-state index contributed by atoms with van der Waals surface area (Å²) in [5.41, 5.74) is 0. The van der Waals surface area contributed by atoms with E-state index in [1.807, 2.05) is 0 Å². The van der Waals surface area contributed by atoms with E-state index in [-0.39, 0.29) is 19.3 Å². The number of amides is 1. The maximum Gasteiger partial charge on any atom is 0.322 e. The van der Waals surface area contributed by atoms with E-state index in [0.717, 1.165) is 0 Å². The highest BCUT2D eigenvalue weighted by atomic mass is 16.6. The van der Waals surface area contributed by atoms with Crippen molar-refractivity contribution in [3.8, 4) is 0 Å². The zero-order chi connectivity index (χ0) is 15.3. The number of hydrogen-bond acceptors (Lipinski definition) is 6. The van der Waals surface area contributed by atoms with E-state index in [9.17, 15) is 24.5 Å². The monoisotopic (exact) mass is 288 g/mol. The van der Waals surface area contributed by atoms with Crippen molar-refractivity contribution in [1.82, 2.24) is 5.32 Å². The fourth-order valence-corrected chi connectivity index (χ4v) is 2.34. The van der Waals surface area contributed by atoms with E-state index in [2.05, 4.69) is 10.1 Å². The second kappa shape index (κ2) is 6.83. The topological polar surface area (TPSA) is 136 Å². The van der Waals surface area contributed by atoms with Crippen LogP contribution in [0, 0.1) is 22.0 Å². The molecular formula is C11H16N2O7. The minimum Gasteiger partial charge on any atom is -0.480 e. The average molecular weight is 288 g/mol. The molecule has 2 N–H and O–H groups in total. The molecule has 0 bridgehead atoms. The van der Waals surface area contributed by atoms with E-state index >= 15 is 0 Å². The molecule has 112 valence electrons. The maximum atomic E-state index is 11.8. The maximum absolute atomic E-state index is 11.8. The molecule has 3 unspecified atom stereocenters. The SMILES string of the molecule is COC(=O)C1CC(C(=O)NCC(=O)O)CC([N+](=O)[O-])C1. The number of nitrogens with zero attached hydrogens (tertiary/aromatic N) is 1. The number of carbonyl (C=O) groups is 3. The third-order valence-corrected chi connectivity index (χ3v) is 3.30. The van der Waals surface area contributed by atoms with Gasteiger partial charge in [-0.15, -0.1) is 0 Å². The van der Waals surface area contributed by atoms with Crippen molar-refractivity contribution >= 4 is 17.8 Å². The molecule has 0 saturated heterocycles. The fraction of sp³-hybridized carbons (Fsp3) is 0.727. The zero-order valence-corrected chi connectivity index (χ0v) is 10.9. The summed E-state index contributed by atoms with van der Waals surface area (Å²) in [6.07, 6.45) is 0.150. The van der Waals surface area contributed by atoms with Gasteiger partial charge in [-0.25, -0.2) is 0 Å². The normalized spacial score (nSPS) is 25.6. The Labute approximate surface area is 114 Å². The third kappa shape index (κ3) is 4.18. The summed E-state index contributed by atoms with van der Waals surface area (Å²) in [5, 5.41) is 21.5. The number of aliphatic carboxylic acids is 1. The lowest BCUT2D eigenvalue weighted by Gasteiger charge is -2.28. The van der Waals surface area contributed by atoms with E-state index in [1.54, 1.807) is 0 Å². The van der Waals surface area contributed by atoms with Gasteiger partial charge in [0.05, 0.1) is 13.0 Å². The van der Waals surface area contributed by atoms with Gasteiger partial charge in [0.2, 0.25) is 11.9 Å². The first-order valence-electron chi connectivity index (χ1n) is 6.06. The molecule has 1 saturated carbocycles. The van der Waals surface area contributed by atoms with Crippen molar-refractivity contribution in [1.29, 1.82) is 0 Å². The molecule has 0 spiro atoms. The molecule has 20 heavy (non-hydrogen) atoms. The van der Waals surface area contributed by atoms with Gasteiger partial charge in [-0.1, -0.05) is 0 Å². The number of carboxylic acids is 1. The Morgan fingerprint density at radius 1 is 1.30 bits per heavy atom. The van der Waals surface area contributed by atoms with Crippen LogP contribution in [0.25, 0.3) is 0 Å². The molecule has 1 rings (SSSR count). The lowest BCUT2D eigenvalue weighted by molar-refractivity contribution is -0.528. The van der Waals surface area contributed by atoms with Crippen LogP contribution >= 0.6 is 0 Å². The number of ether oxygens (including phenoxy) is 1. The number of nitro groups is 1. The number of methoxy groups -OCH3 is 1. The Bertz CT molecular complexity index is 423. The van der Waals surface area contributed by atoms with E-state index in [4.69, 9.17) is 5.11 Å². The molecule has 0 aliphatic heterocycles. The minimum absolute atomic E-state index is 0.00799. The first-order chi connectivity index (χ1) is 9.35. The number of nitrogens with one attached hydrogen (secondary N) is 1. The van der Waals surface area contributed by atoms with Crippen molar-refractivity contribution in [3.05, 3.63) is 10.1 Å². The van der Waals surface area contributed by atoms with Gasteiger partial charge in [0.15, 0.2) is 0 Å². The molecule has 0 radical (unpaired) electrons. The molecule has 1 amide bonds. The molecule has 1 aliphatic carbocycles. The molecule has 9 nitrogen and oxygen atoms in total. The van der Waals surface area contributed by atoms with Gasteiger partial charge < -0.3 is 15.2 Å². The summed E-state index contributed by atoms with van der Waals surface area (Å²) in [5.74, 6) is -3.86. The highest BCUT2D eigenvalue weighted by Crippen LogP contribution is 2.31. The Morgan fingerprint density at radius 2 is 1.90 bits per heavy atom. The van der Waals surface area contributed by atoms with Crippen LogP contribution in [0.1, 0.15) is 19.3 Å². The van der Waals surface area contributed by atoms with Crippen LogP contribution in [-0.4, -0.2) is 47.6 Å². The van der Waals surface area contributed by atoms with Crippen LogP contribution < -0.4 is 5.32 Å². The highest BCUT2D eigenvalue weighted by molar-refractivity contribution is 5.84. The summed E-state index contributed by atoms with van der Waals surface area (Å²) in [4.78, 5) is 44.0. The third-order valence-electron chi connectivity index (χ3n) is 3.30. The van der Waals surface area contributed by atoms with E-state index in [0.29, 0.717) is 0 Å². The summed E-state index contributed by atoms with van der Waals surface area (Å²) < 4.78 is 4.56. The first-order valence-corrected chi connectivity index (χ1v) is 6.06. The van der Waals surface area contributed by atoms with Crippen LogP contribution in [0.2, 0.25) is 0 Å². The summed E-state index contributed by atoms with van der Waals surface area (Å²) in [6.45, 7) is -0.554. The van der Waals surface area contributed by atoms with Gasteiger partial charge in [0.1, 0.15) is 6.54 Å². The molecule has 1 fully saturated rings. The van der Waals surface area contributed by atoms with Gasteiger partial charge in [0, 0.05) is 23.7 Å². The Balaban J connectivity index is 2.73. The van der Waals surface area contributed by atoms with Crippen molar-refractivity contribution in [2.75, 3.05) is 13.7 Å². The molecule has 3 atom stereocenters. The van der Waals surface area contributed by atoms with Crippen LogP contribution in [0.15, 0.2) is 0 Å². The predicted molar refractivity (Wildman–Crippen MR) is 64.3 cm³/mol. The standard InChI is InChI=1S/C11H16N2O7/c1-20-11(17)7-2-6(3-8(4-7)13(18)19)10(16)12-5-9(14)15/h6-8H,2-5H2,1H3,(H,12,16)(H,14,15). The van der Waals surface area contributed by atoms with Crippen molar-refractivity contribution in [3.63, 3.8) is 0 Å². The zero-order valence-electron chi connectivity index (χ0n) is 10.9. The molecule has 0 aromatic rings. The first kappa shape index (κ1) is 15.9. The number of rotatable bonds is 5. The Hall–Kier alpha value is -2.19. The molecule has 0 heterocycles. The van der Waals surface area contributed by atoms with Gasteiger partial charge in [-0.2, -0.15) is 0 Å². The fourth-order valence-electron chi connectivity index (χ4n) is 2.34. The predicted octanol–water partition coefficient (Wildman–Crippen LogP) is -0.578. The van der Waals surface area contributed by atoms with Crippen LogP contribution in [0.5, 0.6) is 0 Å². The van der Waals surface area contributed by atoms with Gasteiger partial charge in [-0.05, 0) is 6.42 Å². The van der Waals surface area contributed by atoms with Gasteiger partial charge >= 0.3 is 11.9 Å². The summed E-state index contributed by atoms with van der Waals surface area (Å²) >= 11 is 0. The summed E-state index contributed by atoms with van der Waals surface area (Å²) in [7, 11) is 1.18. The second-order valence-electron chi connectivity index (χ2n) is 4.67. The lowest BCUT2D eigenvalue weighted by Crippen LogP contribution is -2.43. The van der Waals surface area contributed by atoms with Crippen LogP contribution in [0.3, 0.4) is 0 Å². The van der Waals surface area contributed by atoms with Crippen molar-refractivity contribution < 1.29 is 29.2 Å². The number of carbonyl (C=O) groups excluding carboxylic acids is 2. The van der Waals surface area contributed by atoms with Crippen LogP contribution in [0.4, 0.5) is 0 Å². The largest absolute Gasteiger partial charge is 0.480 e. The Morgan fingerprint density at radius 3 is 2.40 bits per heavy atom. The van der Waals surface area contributed by atoms with Gasteiger partial charge in [0.25, 0.3) is 0 Å². The van der Waals surface area contributed by atoms with E-state index < -0.39 is 47.2 Å². The average Bonchev–Trinajstić information content (AvgIpc) is 2.43.